The van der Waals surface area contributed by atoms with Gasteiger partial charge in [-0.2, -0.15) is 0 Å². The number of halogens is 1. The molecule has 1 aromatic carbocycles. The molecule has 0 bridgehead atoms. The van der Waals surface area contributed by atoms with Crippen LogP contribution >= 0.6 is 0 Å². The Kier molecular flexibility index (Phi) is 3.45. The van der Waals surface area contributed by atoms with Gasteiger partial charge in [0.05, 0.1) is 17.5 Å². The highest BCUT2D eigenvalue weighted by Gasteiger charge is 2.25. The summed E-state index contributed by atoms with van der Waals surface area (Å²) in [5.41, 5.74) is 9.61. The van der Waals surface area contributed by atoms with Crippen molar-refractivity contribution >= 4 is 5.95 Å². The molecule has 0 unspecified atom stereocenters. The third-order valence-electron chi connectivity index (χ3n) is 3.93. The number of rotatable bonds is 4. The van der Waals surface area contributed by atoms with Gasteiger partial charge in [0, 0.05) is 23.0 Å². The molecule has 1 fully saturated rings. The van der Waals surface area contributed by atoms with Crippen molar-refractivity contribution in [1.29, 1.82) is 0 Å². The highest BCUT2D eigenvalue weighted by Crippen LogP contribution is 2.34. The number of nitrogens with two attached hydrogens (primary N) is 1. The normalized spacial score (nSPS) is 13.9. The van der Waals surface area contributed by atoms with Crippen LogP contribution in [0.4, 0.5) is 10.3 Å². The van der Waals surface area contributed by atoms with Crippen molar-refractivity contribution in [3.8, 4) is 28.3 Å². The Morgan fingerprint density at radius 3 is 2.75 bits per heavy atom. The van der Waals surface area contributed by atoms with Gasteiger partial charge in [-0.25, -0.2) is 9.37 Å². The molecule has 3 aromatic rings. The molecule has 0 aliphatic heterocycles. The van der Waals surface area contributed by atoms with Gasteiger partial charge in [0.25, 0.3) is 0 Å². The summed E-state index contributed by atoms with van der Waals surface area (Å²) in [6.45, 7) is 1.91. The van der Waals surface area contributed by atoms with Crippen LogP contribution in [0.5, 0.6) is 5.75 Å². The van der Waals surface area contributed by atoms with Gasteiger partial charge < -0.3 is 15.5 Å². The van der Waals surface area contributed by atoms with E-state index < -0.39 is 0 Å². The molecular weight excluding hydrogens is 307 g/mol. The Morgan fingerprint density at radius 1 is 1.21 bits per heavy atom. The van der Waals surface area contributed by atoms with E-state index in [4.69, 9.17) is 10.5 Å². The zero-order valence-electron chi connectivity index (χ0n) is 13.2. The molecule has 24 heavy (non-hydrogen) atoms. The minimum Gasteiger partial charge on any atom is -0.487 e. The fourth-order valence-corrected chi connectivity index (χ4v) is 2.62. The first kappa shape index (κ1) is 14.7. The molecule has 6 heteroatoms. The van der Waals surface area contributed by atoms with Crippen molar-refractivity contribution in [2.24, 2.45) is 0 Å². The molecule has 1 aliphatic rings. The first-order valence-electron chi connectivity index (χ1n) is 7.85. The fourth-order valence-electron chi connectivity index (χ4n) is 2.62. The van der Waals surface area contributed by atoms with Crippen molar-refractivity contribution in [3.63, 3.8) is 0 Å². The highest BCUT2D eigenvalue weighted by molar-refractivity contribution is 5.80. The summed E-state index contributed by atoms with van der Waals surface area (Å²) in [6, 6.07) is 8.68. The van der Waals surface area contributed by atoms with E-state index in [0.717, 1.165) is 24.1 Å². The first-order valence-corrected chi connectivity index (χ1v) is 7.85. The zero-order valence-corrected chi connectivity index (χ0v) is 13.2. The molecule has 122 valence electrons. The number of hydrogen-bond donors (Lipinski definition) is 2. The second kappa shape index (κ2) is 5.63. The lowest BCUT2D eigenvalue weighted by atomic mass is 10.0. The number of H-pyrrole nitrogens is 1. The van der Waals surface area contributed by atoms with Gasteiger partial charge in [-0.05, 0) is 50.1 Å². The lowest BCUT2D eigenvalue weighted by Gasteiger charge is -2.08. The molecule has 0 amide bonds. The number of nitrogens with one attached hydrogen (secondary N) is 1. The molecule has 2 aromatic heterocycles. The molecule has 0 atom stereocenters. The monoisotopic (exact) mass is 324 g/mol. The van der Waals surface area contributed by atoms with Crippen molar-refractivity contribution in [2.75, 3.05) is 5.73 Å². The smallest absolute Gasteiger partial charge is 0.198 e. The Hall–Kier alpha value is -2.89. The standard InChI is InChI=1S/C18H17FN4O/c1-10-8-12(6-7-21-10)17-16(22-18(20)23-17)11-2-5-15(14(19)9-11)24-13-3-4-13/h2,5-9,13H,3-4H2,1H3,(H3,20,22,23). The second-order valence-corrected chi connectivity index (χ2v) is 5.99. The second-order valence-electron chi connectivity index (χ2n) is 5.99. The number of aromatic nitrogens is 3. The molecule has 2 heterocycles. The highest BCUT2D eigenvalue weighted by atomic mass is 19.1. The van der Waals surface area contributed by atoms with E-state index in [9.17, 15) is 4.39 Å². The molecule has 1 aliphatic carbocycles. The summed E-state index contributed by atoms with van der Waals surface area (Å²) in [6.07, 6.45) is 3.85. The summed E-state index contributed by atoms with van der Waals surface area (Å²) in [4.78, 5) is 11.6. The van der Waals surface area contributed by atoms with E-state index in [1.165, 1.54) is 6.07 Å². The van der Waals surface area contributed by atoms with Gasteiger partial charge in [-0.15, -0.1) is 0 Å². The van der Waals surface area contributed by atoms with Crippen LogP contribution in [-0.2, 0) is 0 Å². The summed E-state index contributed by atoms with van der Waals surface area (Å²) in [7, 11) is 0. The molecule has 0 radical (unpaired) electrons. The van der Waals surface area contributed by atoms with E-state index in [1.807, 2.05) is 25.1 Å². The number of nitrogen functional groups attached to an aromatic ring is 1. The number of benzene rings is 1. The van der Waals surface area contributed by atoms with E-state index in [1.54, 1.807) is 12.3 Å². The first-order chi connectivity index (χ1) is 11.6. The Morgan fingerprint density at radius 2 is 2.04 bits per heavy atom. The number of hydrogen-bond acceptors (Lipinski definition) is 4. The maximum absolute atomic E-state index is 14.3. The predicted molar refractivity (Wildman–Crippen MR) is 90.0 cm³/mol. The summed E-state index contributed by atoms with van der Waals surface area (Å²) in [5.74, 6) is 0.188. The zero-order chi connectivity index (χ0) is 16.7. The number of imidazole rings is 1. The van der Waals surface area contributed by atoms with E-state index in [0.29, 0.717) is 17.0 Å². The average Bonchev–Trinajstić information content (AvgIpc) is 3.29. The Balaban J connectivity index is 1.75. The molecule has 4 rings (SSSR count). The molecule has 3 N–H and O–H groups in total. The quantitative estimate of drug-likeness (QED) is 0.767. The summed E-state index contributed by atoms with van der Waals surface area (Å²) < 4.78 is 19.9. The van der Waals surface area contributed by atoms with Gasteiger partial charge >= 0.3 is 0 Å². The van der Waals surface area contributed by atoms with Gasteiger partial charge in [0.2, 0.25) is 0 Å². The Labute approximate surface area is 138 Å². The number of pyridine rings is 1. The van der Waals surface area contributed by atoms with Gasteiger partial charge in [-0.1, -0.05) is 0 Å². The Bertz CT molecular complexity index is 902. The number of nitrogens with zero attached hydrogens (tertiary/aromatic N) is 2. The topological polar surface area (TPSA) is 76.8 Å². The van der Waals surface area contributed by atoms with Crippen LogP contribution in [0.2, 0.25) is 0 Å². The van der Waals surface area contributed by atoms with Crippen molar-refractivity contribution in [3.05, 3.63) is 48.0 Å². The van der Waals surface area contributed by atoms with E-state index in [-0.39, 0.29) is 23.6 Å². The maximum atomic E-state index is 14.3. The average molecular weight is 324 g/mol. The molecule has 0 spiro atoms. The van der Waals surface area contributed by atoms with Crippen molar-refractivity contribution in [1.82, 2.24) is 15.0 Å². The third kappa shape index (κ3) is 2.82. The van der Waals surface area contributed by atoms with Gasteiger partial charge in [0.1, 0.15) is 0 Å². The van der Waals surface area contributed by atoms with Gasteiger partial charge in [0.15, 0.2) is 17.5 Å². The largest absolute Gasteiger partial charge is 0.487 e. The molecule has 1 saturated carbocycles. The van der Waals surface area contributed by atoms with Crippen LogP contribution in [0.1, 0.15) is 18.5 Å². The van der Waals surface area contributed by atoms with Crippen molar-refractivity contribution in [2.45, 2.75) is 25.9 Å². The number of aryl methyl sites for hydroxylation is 1. The molecule has 5 nitrogen and oxygen atoms in total. The fraction of sp³-hybridized carbons (Fsp3) is 0.222. The minimum atomic E-state index is -0.385. The summed E-state index contributed by atoms with van der Waals surface area (Å²) >= 11 is 0. The van der Waals surface area contributed by atoms with Crippen LogP contribution in [0.25, 0.3) is 22.5 Å². The van der Waals surface area contributed by atoms with Crippen LogP contribution in [-0.4, -0.2) is 21.1 Å². The van der Waals surface area contributed by atoms with Crippen LogP contribution in [0, 0.1) is 12.7 Å². The minimum absolute atomic E-state index is 0.156. The lowest BCUT2D eigenvalue weighted by Crippen LogP contribution is -1.98. The predicted octanol–water partition coefficient (Wildman–Crippen LogP) is 3.71. The van der Waals surface area contributed by atoms with Crippen molar-refractivity contribution < 1.29 is 9.13 Å². The maximum Gasteiger partial charge on any atom is 0.198 e. The number of ether oxygens (including phenoxy) is 1. The number of aromatic amines is 1. The van der Waals surface area contributed by atoms with Crippen LogP contribution < -0.4 is 10.5 Å². The van der Waals surface area contributed by atoms with Gasteiger partial charge in [-0.3, -0.25) is 4.98 Å². The van der Waals surface area contributed by atoms with E-state index >= 15 is 0 Å². The van der Waals surface area contributed by atoms with Crippen LogP contribution in [0.15, 0.2) is 36.5 Å². The molecular formula is C18H17FN4O. The summed E-state index contributed by atoms with van der Waals surface area (Å²) in [5, 5.41) is 0. The lowest BCUT2D eigenvalue weighted by molar-refractivity contribution is 0.287. The SMILES string of the molecule is Cc1cc(-c2nc(N)[nH]c2-c2ccc(OC3CC3)c(F)c2)ccn1. The molecule has 0 saturated heterocycles. The van der Waals surface area contributed by atoms with Crippen LogP contribution in [0.3, 0.4) is 0 Å². The van der Waals surface area contributed by atoms with E-state index in [2.05, 4.69) is 15.0 Å². The third-order valence-corrected chi connectivity index (χ3v) is 3.93. The number of anilines is 1.